The molecule has 0 aliphatic rings. The number of para-hydroxylation sites is 4. The molecule has 8 aromatic carbocycles. The zero-order valence-corrected chi connectivity index (χ0v) is 26.6. The second-order valence-electron chi connectivity index (χ2n) is 12.9. The molecule has 11 aromatic rings. The molecule has 3 nitrogen and oxygen atoms in total. The van der Waals surface area contributed by atoms with Crippen molar-refractivity contribution in [3.8, 4) is 17.1 Å². The van der Waals surface area contributed by atoms with E-state index in [9.17, 15) is 0 Å². The quantitative estimate of drug-likeness (QED) is 0.186. The van der Waals surface area contributed by atoms with Crippen molar-refractivity contribution in [1.82, 2.24) is 13.7 Å². The molecule has 3 aromatic heterocycles. The topological polar surface area (TPSA) is 14.8 Å². The molecule has 0 saturated carbocycles. The van der Waals surface area contributed by atoms with Gasteiger partial charge in [0.1, 0.15) is 0 Å². The van der Waals surface area contributed by atoms with E-state index in [0.717, 1.165) is 5.69 Å². The maximum atomic E-state index is 2.50. The summed E-state index contributed by atoms with van der Waals surface area (Å²) in [6, 6.07) is 64.1. The fraction of sp³-hybridized carbons (Fsp3) is 0. The maximum absolute atomic E-state index is 2.50. The molecule has 0 spiro atoms. The van der Waals surface area contributed by atoms with Crippen LogP contribution in [0.1, 0.15) is 0 Å². The maximum Gasteiger partial charge on any atom is 0.0562 e. The van der Waals surface area contributed by atoms with Crippen molar-refractivity contribution in [2.75, 3.05) is 0 Å². The van der Waals surface area contributed by atoms with E-state index in [1.165, 1.54) is 87.6 Å². The minimum absolute atomic E-state index is 1.16. The first kappa shape index (κ1) is 26.5. The number of fused-ring (bicyclic) bond motifs is 11. The van der Waals surface area contributed by atoms with Crippen molar-refractivity contribution in [1.29, 1.82) is 0 Å². The van der Waals surface area contributed by atoms with Gasteiger partial charge in [0, 0.05) is 43.7 Å². The molecule has 0 bridgehead atoms. The van der Waals surface area contributed by atoms with Gasteiger partial charge in [-0.2, -0.15) is 0 Å². The monoisotopic (exact) mass is 623 g/mol. The summed E-state index contributed by atoms with van der Waals surface area (Å²) in [6.07, 6.45) is 0. The Bertz CT molecular complexity index is 3100. The molecule has 0 atom stereocenters. The van der Waals surface area contributed by atoms with E-state index in [-0.39, 0.29) is 0 Å². The van der Waals surface area contributed by atoms with E-state index >= 15 is 0 Å². The minimum atomic E-state index is 1.16. The molecule has 0 aliphatic heterocycles. The van der Waals surface area contributed by atoms with Crippen LogP contribution in [0.2, 0.25) is 0 Å². The van der Waals surface area contributed by atoms with Gasteiger partial charge in [-0.15, -0.1) is 0 Å². The molecule has 0 fully saturated rings. The van der Waals surface area contributed by atoms with Gasteiger partial charge in [-0.25, -0.2) is 0 Å². The second-order valence-corrected chi connectivity index (χ2v) is 12.9. The second kappa shape index (κ2) is 9.96. The van der Waals surface area contributed by atoms with Crippen LogP contribution in [-0.4, -0.2) is 13.7 Å². The Morgan fingerprint density at radius 2 is 0.755 bits per heavy atom. The van der Waals surface area contributed by atoms with Crippen molar-refractivity contribution in [3.05, 3.63) is 176 Å². The van der Waals surface area contributed by atoms with Gasteiger partial charge in [-0.3, -0.25) is 0 Å². The minimum Gasteiger partial charge on any atom is -0.309 e. The highest BCUT2D eigenvalue weighted by Gasteiger charge is 2.23. The first-order chi connectivity index (χ1) is 24.3. The lowest BCUT2D eigenvalue weighted by Crippen LogP contribution is -1.97. The van der Waals surface area contributed by atoms with Crippen LogP contribution >= 0.6 is 0 Å². The number of aromatic nitrogens is 3. The van der Waals surface area contributed by atoms with Gasteiger partial charge in [0.25, 0.3) is 0 Å². The molecule has 0 saturated heterocycles. The average Bonchev–Trinajstić information content (AvgIpc) is 3.81. The molecule has 0 amide bonds. The lowest BCUT2D eigenvalue weighted by molar-refractivity contribution is 1.17. The van der Waals surface area contributed by atoms with E-state index in [0.29, 0.717) is 0 Å². The first-order valence-electron chi connectivity index (χ1n) is 16.9. The molecule has 228 valence electrons. The summed E-state index contributed by atoms with van der Waals surface area (Å²) in [5.41, 5.74) is 10.8. The fourth-order valence-corrected chi connectivity index (χ4v) is 8.41. The van der Waals surface area contributed by atoms with Crippen LogP contribution in [0, 0.1) is 0 Å². The van der Waals surface area contributed by atoms with Crippen LogP contribution in [0.15, 0.2) is 176 Å². The van der Waals surface area contributed by atoms with E-state index in [1.807, 2.05) is 0 Å². The summed E-state index contributed by atoms with van der Waals surface area (Å²) in [5, 5.41) is 10.1. The van der Waals surface area contributed by atoms with Crippen molar-refractivity contribution in [2.24, 2.45) is 0 Å². The molecule has 3 heteroatoms. The fourth-order valence-electron chi connectivity index (χ4n) is 8.41. The Kier molecular flexibility index (Phi) is 5.38. The number of benzene rings is 8. The van der Waals surface area contributed by atoms with E-state index in [1.54, 1.807) is 0 Å². The lowest BCUT2D eigenvalue weighted by atomic mass is 10.1. The lowest BCUT2D eigenvalue weighted by Gasteiger charge is -2.12. The van der Waals surface area contributed by atoms with Crippen LogP contribution in [-0.2, 0) is 0 Å². The van der Waals surface area contributed by atoms with Crippen LogP contribution in [0.3, 0.4) is 0 Å². The molecular formula is C46H29N3. The summed E-state index contributed by atoms with van der Waals surface area (Å²) in [7, 11) is 0. The summed E-state index contributed by atoms with van der Waals surface area (Å²) in [6.45, 7) is 0. The number of hydrogen-bond acceptors (Lipinski definition) is 0. The predicted molar refractivity (Wildman–Crippen MR) is 207 cm³/mol. The Balaban J connectivity index is 1.28. The smallest absolute Gasteiger partial charge is 0.0562 e. The van der Waals surface area contributed by atoms with E-state index in [2.05, 4.69) is 190 Å². The molecule has 0 radical (unpaired) electrons. The number of rotatable bonds is 3. The van der Waals surface area contributed by atoms with Gasteiger partial charge in [0.05, 0.1) is 38.8 Å². The highest BCUT2D eigenvalue weighted by Crippen LogP contribution is 2.44. The Morgan fingerprint density at radius 3 is 1.45 bits per heavy atom. The number of nitrogens with zero attached hydrogens (tertiary/aromatic N) is 3. The predicted octanol–water partition coefficient (Wildman–Crippen LogP) is 12.1. The van der Waals surface area contributed by atoms with Crippen LogP contribution in [0.5, 0.6) is 0 Å². The van der Waals surface area contributed by atoms with Crippen LogP contribution < -0.4 is 0 Å². The highest BCUT2D eigenvalue weighted by atomic mass is 15.0. The van der Waals surface area contributed by atoms with Crippen molar-refractivity contribution in [2.45, 2.75) is 0 Å². The largest absolute Gasteiger partial charge is 0.309 e. The zero-order chi connectivity index (χ0) is 32.1. The third-order valence-corrected chi connectivity index (χ3v) is 10.4. The highest BCUT2D eigenvalue weighted by molar-refractivity contribution is 6.29. The first-order valence-corrected chi connectivity index (χ1v) is 16.9. The summed E-state index contributed by atoms with van der Waals surface area (Å²) in [5.74, 6) is 0. The van der Waals surface area contributed by atoms with Crippen molar-refractivity contribution in [3.63, 3.8) is 0 Å². The molecular weight excluding hydrogens is 595 g/mol. The Labute approximate surface area is 282 Å². The Hall–Kier alpha value is -6.58. The van der Waals surface area contributed by atoms with Gasteiger partial charge in [-0.1, -0.05) is 109 Å². The van der Waals surface area contributed by atoms with Gasteiger partial charge in [0.2, 0.25) is 0 Å². The average molecular weight is 624 g/mol. The van der Waals surface area contributed by atoms with Crippen molar-refractivity contribution < 1.29 is 0 Å². The molecule has 49 heavy (non-hydrogen) atoms. The van der Waals surface area contributed by atoms with Gasteiger partial charge in [0.15, 0.2) is 0 Å². The molecule has 11 rings (SSSR count). The van der Waals surface area contributed by atoms with Gasteiger partial charge < -0.3 is 13.7 Å². The third kappa shape index (κ3) is 3.62. The van der Waals surface area contributed by atoms with Gasteiger partial charge in [-0.05, 0) is 77.5 Å². The normalized spacial score (nSPS) is 12.1. The van der Waals surface area contributed by atoms with Crippen LogP contribution in [0.25, 0.3) is 93.3 Å². The zero-order valence-electron chi connectivity index (χ0n) is 26.6. The standard InChI is InChI=1S/C46H29N3/c1-2-15-32(16-3-1)47-37-20-9-6-17-34(37)44-40(47)23-12-24-41(44)49-39-22-11-8-19-36(39)46-43(49)28-27-42-45(46)35-18-7-10-21-38(35)48(42)33-26-25-30-13-4-5-14-31(30)29-33/h1-29H. The molecule has 0 N–H and O–H groups in total. The number of hydrogen-bond donors (Lipinski definition) is 0. The Morgan fingerprint density at radius 1 is 0.265 bits per heavy atom. The molecule has 0 unspecified atom stereocenters. The summed E-state index contributed by atoms with van der Waals surface area (Å²) >= 11 is 0. The SMILES string of the molecule is c1ccc(-n2c3ccccc3c3c(-n4c5ccccc5c5c6c7ccccc7n(-c7ccc8ccccc8c7)c6ccc54)cccc32)cc1. The summed E-state index contributed by atoms with van der Waals surface area (Å²) < 4.78 is 7.34. The van der Waals surface area contributed by atoms with E-state index < -0.39 is 0 Å². The van der Waals surface area contributed by atoms with E-state index in [4.69, 9.17) is 0 Å². The van der Waals surface area contributed by atoms with Crippen LogP contribution in [0.4, 0.5) is 0 Å². The molecule has 3 heterocycles. The summed E-state index contributed by atoms with van der Waals surface area (Å²) in [4.78, 5) is 0. The van der Waals surface area contributed by atoms with Crippen molar-refractivity contribution >= 4 is 76.2 Å². The molecule has 0 aliphatic carbocycles. The van der Waals surface area contributed by atoms with Gasteiger partial charge >= 0.3 is 0 Å². The third-order valence-electron chi connectivity index (χ3n) is 10.4.